The Morgan fingerprint density at radius 3 is 2.35 bits per heavy atom. The van der Waals surface area contributed by atoms with Crippen molar-refractivity contribution in [3.63, 3.8) is 0 Å². The number of benzene rings is 1. The minimum absolute atomic E-state index is 0.0479. The molecule has 0 unspecified atom stereocenters. The van der Waals surface area contributed by atoms with Crippen LogP contribution in [0.1, 0.15) is 84.6 Å². The maximum atomic E-state index is 12.5. The summed E-state index contributed by atoms with van der Waals surface area (Å²) >= 11 is 0. The molecular weight excluding hydrogens is 432 g/mol. The van der Waals surface area contributed by atoms with Crippen molar-refractivity contribution in [3.8, 4) is 11.8 Å². The average Bonchev–Trinajstić information content (AvgIpc) is 2.74. The zero-order valence-corrected chi connectivity index (χ0v) is 23.2. The molecule has 2 aliphatic carbocycles. The fraction of sp³-hybridized carbons (Fsp3) is 0.581. The van der Waals surface area contributed by atoms with Gasteiger partial charge in [-0.3, -0.25) is 4.79 Å². The predicted octanol–water partition coefficient (Wildman–Crippen LogP) is 8.25. The van der Waals surface area contributed by atoms with Gasteiger partial charge in [-0.05, 0) is 62.9 Å². The zero-order valence-electron chi connectivity index (χ0n) is 22.2. The minimum atomic E-state index is -1.96. The Bertz CT molecular complexity index is 951. The first kappa shape index (κ1) is 26.7. The fourth-order valence-corrected chi connectivity index (χ4v) is 6.03. The highest BCUT2D eigenvalue weighted by molar-refractivity contribution is 6.74. The summed E-state index contributed by atoms with van der Waals surface area (Å²) in [6.45, 7) is 13.7. The van der Waals surface area contributed by atoms with Gasteiger partial charge in [-0.1, -0.05) is 88.0 Å². The summed E-state index contributed by atoms with van der Waals surface area (Å²) in [5, 5.41) is 0.150. The van der Waals surface area contributed by atoms with Crippen molar-refractivity contribution in [2.24, 2.45) is 10.8 Å². The van der Waals surface area contributed by atoms with E-state index in [1.807, 2.05) is 18.2 Å². The van der Waals surface area contributed by atoms with Crippen LogP contribution in [0.2, 0.25) is 18.1 Å². The second kappa shape index (κ2) is 10.8. The highest BCUT2D eigenvalue weighted by Crippen LogP contribution is 2.50. The second-order valence-electron chi connectivity index (χ2n) is 12.2. The summed E-state index contributed by atoms with van der Waals surface area (Å²) in [5.74, 6) is 7.24. The molecule has 0 N–H and O–H groups in total. The first-order chi connectivity index (χ1) is 16.0. The molecule has 3 rings (SSSR count). The van der Waals surface area contributed by atoms with Gasteiger partial charge in [0.05, 0.1) is 6.10 Å². The van der Waals surface area contributed by atoms with Crippen molar-refractivity contribution in [3.05, 3.63) is 60.2 Å². The first-order valence-corrected chi connectivity index (χ1v) is 16.0. The van der Waals surface area contributed by atoms with Crippen LogP contribution in [0.3, 0.4) is 0 Å². The largest absolute Gasteiger partial charge is 0.410 e. The van der Waals surface area contributed by atoms with Gasteiger partial charge in [0.2, 0.25) is 0 Å². The quantitative estimate of drug-likeness (QED) is 0.225. The molecule has 2 fully saturated rings. The lowest BCUT2D eigenvalue weighted by Crippen LogP contribution is -2.50. The Balaban J connectivity index is 1.82. The average molecular weight is 477 g/mol. The zero-order chi connectivity index (χ0) is 24.9. The van der Waals surface area contributed by atoms with E-state index in [4.69, 9.17) is 4.43 Å². The van der Waals surface area contributed by atoms with Crippen molar-refractivity contribution >= 4 is 14.1 Å². The lowest BCUT2D eigenvalue weighted by atomic mass is 9.63. The van der Waals surface area contributed by atoms with Gasteiger partial charge in [0.25, 0.3) is 0 Å². The molecule has 2 atom stereocenters. The van der Waals surface area contributed by atoms with E-state index in [0.29, 0.717) is 12.2 Å². The van der Waals surface area contributed by atoms with Crippen molar-refractivity contribution in [2.75, 3.05) is 0 Å². The predicted molar refractivity (Wildman–Crippen MR) is 146 cm³/mol. The van der Waals surface area contributed by atoms with Gasteiger partial charge >= 0.3 is 0 Å². The van der Waals surface area contributed by atoms with Gasteiger partial charge in [-0.25, -0.2) is 0 Å². The molecule has 2 aliphatic rings. The lowest BCUT2D eigenvalue weighted by Gasteiger charge is -2.50. The van der Waals surface area contributed by atoms with Gasteiger partial charge < -0.3 is 4.43 Å². The van der Waals surface area contributed by atoms with Gasteiger partial charge in [-0.2, -0.15) is 0 Å². The van der Waals surface area contributed by atoms with Crippen molar-refractivity contribution in [1.29, 1.82) is 0 Å². The SMILES string of the molecule is CC(C)(C)[Si](C)(C)O[C@@H](/C=C/C=C/[C@]1(C)CCCCC1=O)C1(CC#Cc2ccccc2)CCC1. The molecule has 2 saturated carbocycles. The van der Waals surface area contributed by atoms with E-state index in [-0.39, 0.29) is 22.0 Å². The molecule has 1 aromatic carbocycles. The van der Waals surface area contributed by atoms with Crippen molar-refractivity contribution in [2.45, 2.75) is 103 Å². The minimum Gasteiger partial charge on any atom is -0.410 e. The van der Waals surface area contributed by atoms with Crippen LogP contribution >= 0.6 is 0 Å². The molecule has 0 bridgehead atoms. The molecule has 34 heavy (non-hydrogen) atoms. The van der Waals surface area contributed by atoms with Crippen LogP contribution < -0.4 is 0 Å². The number of allylic oxidation sites excluding steroid dienone is 3. The molecule has 184 valence electrons. The van der Waals surface area contributed by atoms with Gasteiger partial charge in [-0.15, -0.1) is 0 Å². The van der Waals surface area contributed by atoms with Gasteiger partial charge in [0.1, 0.15) is 5.78 Å². The number of Topliss-reactive ketones (excluding diaryl/α,β-unsaturated/α-hetero) is 1. The molecule has 0 saturated heterocycles. The monoisotopic (exact) mass is 476 g/mol. The summed E-state index contributed by atoms with van der Waals surface area (Å²) in [5.41, 5.74) is 0.836. The maximum absolute atomic E-state index is 12.5. The number of hydrogen-bond donors (Lipinski definition) is 0. The Hall–Kier alpha value is -1.89. The molecule has 1 aromatic rings. The summed E-state index contributed by atoms with van der Waals surface area (Å²) in [6.07, 6.45) is 16.9. The summed E-state index contributed by atoms with van der Waals surface area (Å²) in [7, 11) is -1.96. The molecule has 0 heterocycles. The molecule has 0 aliphatic heterocycles. The van der Waals surface area contributed by atoms with E-state index < -0.39 is 8.32 Å². The third-order valence-corrected chi connectivity index (χ3v) is 12.9. The van der Waals surface area contributed by atoms with E-state index in [1.54, 1.807) is 0 Å². The number of carbonyl (C=O) groups excluding carboxylic acids is 1. The first-order valence-electron chi connectivity index (χ1n) is 13.1. The van der Waals surface area contributed by atoms with E-state index in [0.717, 1.165) is 44.1 Å². The van der Waals surface area contributed by atoms with Gasteiger partial charge in [0, 0.05) is 29.2 Å². The molecule has 0 spiro atoms. The third kappa shape index (κ3) is 6.40. The topological polar surface area (TPSA) is 26.3 Å². The molecule has 0 radical (unpaired) electrons. The molecule has 3 heteroatoms. The third-order valence-electron chi connectivity index (χ3n) is 8.48. The smallest absolute Gasteiger partial charge is 0.192 e. The Morgan fingerprint density at radius 2 is 1.76 bits per heavy atom. The van der Waals surface area contributed by atoms with Crippen LogP contribution in [0.15, 0.2) is 54.6 Å². The van der Waals surface area contributed by atoms with Crippen LogP contribution in [0, 0.1) is 22.7 Å². The lowest BCUT2D eigenvalue weighted by molar-refractivity contribution is -0.127. The highest BCUT2D eigenvalue weighted by atomic mass is 28.4. The molecule has 2 nitrogen and oxygen atoms in total. The Kier molecular flexibility index (Phi) is 8.48. The number of rotatable bonds is 7. The van der Waals surface area contributed by atoms with E-state index >= 15 is 0 Å². The maximum Gasteiger partial charge on any atom is 0.192 e. The number of carbonyl (C=O) groups is 1. The Labute approximate surface area is 209 Å². The second-order valence-corrected chi connectivity index (χ2v) is 16.9. The summed E-state index contributed by atoms with van der Waals surface area (Å²) in [6, 6.07) is 10.3. The summed E-state index contributed by atoms with van der Waals surface area (Å²) in [4.78, 5) is 12.5. The normalized spacial score (nSPS) is 24.0. The van der Waals surface area contributed by atoms with Crippen LogP contribution in [0.25, 0.3) is 0 Å². The number of ketones is 1. The van der Waals surface area contributed by atoms with E-state index in [9.17, 15) is 4.79 Å². The molecule has 0 amide bonds. The van der Waals surface area contributed by atoms with Crippen LogP contribution in [-0.4, -0.2) is 20.2 Å². The van der Waals surface area contributed by atoms with Crippen LogP contribution in [0.4, 0.5) is 0 Å². The van der Waals surface area contributed by atoms with Crippen LogP contribution in [0.5, 0.6) is 0 Å². The van der Waals surface area contributed by atoms with E-state index in [2.05, 4.69) is 89.1 Å². The highest BCUT2D eigenvalue weighted by Gasteiger charge is 2.48. The fourth-order valence-electron chi connectivity index (χ4n) is 4.71. The Morgan fingerprint density at radius 1 is 1.06 bits per heavy atom. The number of hydrogen-bond acceptors (Lipinski definition) is 2. The standard InChI is InChI=1S/C31H44O2Si/c1-29(2,3)34(5,6)33-28(20-11-13-22-30(4)21-12-10-19-27(30)32)31(24-15-25-31)23-14-18-26-16-8-7-9-17-26/h7-9,11,13,16-17,20,22,28H,10,12,15,19,21,23-25H2,1-6H3/b20-11+,22-13+/t28-,30-/m0/s1. The molecule has 0 aromatic heterocycles. The van der Waals surface area contributed by atoms with Gasteiger partial charge in [0.15, 0.2) is 8.32 Å². The van der Waals surface area contributed by atoms with Crippen molar-refractivity contribution < 1.29 is 9.22 Å². The van der Waals surface area contributed by atoms with E-state index in [1.165, 1.54) is 6.42 Å². The van der Waals surface area contributed by atoms with Crippen molar-refractivity contribution in [1.82, 2.24) is 0 Å². The summed E-state index contributed by atoms with van der Waals surface area (Å²) < 4.78 is 7.03. The van der Waals surface area contributed by atoms with Crippen LogP contribution in [-0.2, 0) is 9.22 Å². The molecular formula is C31H44O2Si.